The lowest BCUT2D eigenvalue weighted by Crippen LogP contribution is -2.49. The molecule has 24 heavy (non-hydrogen) atoms. The number of benzene rings is 1. The van der Waals surface area contributed by atoms with Gasteiger partial charge in [0.25, 0.3) is 5.91 Å². The van der Waals surface area contributed by atoms with Crippen LogP contribution < -0.4 is 22.1 Å². The number of nitrogens with two attached hydrogens (primary N) is 2. The van der Waals surface area contributed by atoms with Crippen LogP contribution in [0.15, 0.2) is 24.3 Å². The predicted octanol–water partition coefficient (Wildman–Crippen LogP) is 0.212. The standard InChI is InChI=1S/C17H26N4O3/c1-11-6-8-13(9-7-11)17(24)20-10-4-3-5-14(15(19)22)21-16(23)12(2)18/h6-9,12,14H,3-5,10,18H2,1-2H3,(H2,19,22)(H,20,24)(H,21,23)/t12-,14-/m0/s1. The van der Waals surface area contributed by atoms with Crippen LogP contribution in [0.5, 0.6) is 0 Å². The third-order valence-electron chi connectivity index (χ3n) is 3.59. The molecule has 1 rings (SSSR count). The van der Waals surface area contributed by atoms with Crippen LogP contribution >= 0.6 is 0 Å². The first-order valence-corrected chi connectivity index (χ1v) is 8.01. The molecule has 132 valence electrons. The molecule has 2 atom stereocenters. The van der Waals surface area contributed by atoms with Crippen LogP contribution in [0.3, 0.4) is 0 Å². The minimum Gasteiger partial charge on any atom is -0.368 e. The molecule has 7 heteroatoms. The highest BCUT2D eigenvalue weighted by Crippen LogP contribution is 2.04. The molecular formula is C17H26N4O3. The second-order valence-corrected chi connectivity index (χ2v) is 5.87. The number of hydrogen-bond donors (Lipinski definition) is 4. The largest absolute Gasteiger partial charge is 0.368 e. The number of aryl methyl sites for hydroxylation is 1. The summed E-state index contributed by atoms with van der Waals surface area (Å²) in [4.78, 5) is 34.8. The van der Waals surface area contributed by atoms with Crippen molar-refractivity contribution < 1.29 is 14.4 Å². The van der Waals surface area contributed by atoms with E-state index in [0.29, 0.717) is 31.4 Å². The van der Waals surface area contributed by atoms with Crippen molar-refractivity contribution in [2.45, 2.75) is 45.2 Å². The topological polar surface area (TPSA) is 127 Å². The summed E-state index contributed by atoms with van der Waals surface area (Å²) in [5.41, 5.74) is 12.4. The van der Waals surface area contributed by atoms with Crippen molar-refractivity contribution in [1.29, 1.82) is 0 Å². The van der Waals surface area contributed by atoms with Crippen molar-refractivity contribution in [3.8, 4) is 0 Å². The fourth-order valence-electron chi connectivity index (χ4n) is 2.07. The van der Waals surface area contributed by atoms with Gasteiger partial charge in [-0.3, -0.25) is 14.4 Å². The zero-order valence-electron chi connectivity index (χ0n) is 14.2. The molecule has 0 unspecified atom stereocenters. The molecule has 7 nitrogen and oxygen atoms in total. The zero-order chi connectivity index (χ0) is 18.1. The van der Waals surface area contributed by atoms with Gasteiger partial charge in [-0.25, -0.2) is 0 Å². The molecular weight excluding hydrogens is 308 g/mol. The maximum absolute atomic E-state index is 11.9. The Hall–Kier alpha value is -2.41. The maximum Gasteiger partial charge on any atom is 0.251 e. The number of carbonyl (C=O) groups excluding carboxylic acids is 3. The van der Waals surface area contributed by atoms with E-state index in [1.165, 1.54) is 6.92 Å². The fraction of sp³-hybridized carbons (Fsp3) is 0.471. The highest BCUT2D eigenvalue weighted by molar-refractivity contribution is 5.94. The van der Waals surface area contributed by atoms with Gasteiger partial charge in [0.1, 0.15) is 6.04 Å². The van der Waals surface area contributed by atoms with Gasteiger partial charge < -0.3 is 22.1 Å². The lowest BCUT2D eigenvalue weighted by atomic mass is 10.1. The molecule has 0 saturated carbocycles. The van der Waals surface area contributed by atoms with E-state index in [-0.39, 0.29) is 5.91 Å². The summed E-state index contributed by atoms with van der Waals surface area (Å²) in [6.07, 6.45) is 1.73. The lowest BCUT2D eigenvalue weighted by molar-refractivity contribution is -0.128. The third kappa shape index (κ3) is 6.78. The van der Waals surface area contributed by atoms with E-state index < -0.39 is 23.9 Å². The van der Waals surface area contributed by atoms with Crippen molar-refractivity contribution in [1.82, 2.24) is 10.6 Å². The summed E-state index contributed by atoms with van der Waals surface area (Å²) >= 11 is 0. The summed E-state index contributed by atoms with van der Waals surface area (Å²) in [5.74, 6) is -1.13. The maximum atomic E-state index is 11.9. The molecule has 0 aliphatic rings. The molecule has 1 aromatic rings. The van der Waals surface area contributed by atoms with E-state index in [9.17, 15) is 14.4 Å². The predicted molar refractivity (Wildman–Crippen MR) is 92.1 cm³/mol. The molecule has 1 aromatic carbocycles. The van der Waals surface area contributed by atoms with E-state index in [2.05, 4.69) is 10.6 Å². The first-order chi connectivity index (χ1) is 11.3. The van der Waals surface area contributed by atoms with Crippen molar-refractivity contribution >= 4 is 17.7 Å². The number of hydrogen-bond acceptors (Lipinski definition) is 4. The van der Waals surface area contributed by atoms with Gasteiger partial charge >= 0.3 is 0 Å². The molecule has 6 N–H and O–H groups in total. The van der Waals surface area contributed by atoms with Crippen LogP contribution in [0.2, 0.25) is 0 Å². The summed E-state index contributed by atoms with van der Waals surface area (Å²) in [6, 6.07) is 5.88. The smallest absolute Gasteiger partial charge is 0.251 e. The Morgan fingerprint density at radius 3 is 2.29 bits per heavy atom. The van der Waals surface area contributed by atoms with Gasteiger partial charge in [0, 0.05) is 12.1 Å². The first kappa shape index (κ1) is 19.6. The molecule has 0 heterocycles. The summed E-state index contributed by atoms with van der Waals surface area (Å²) in [6.45, 7) is 3.98. The average Bonchev–Trinajstić information content (AvgIpc) is 2.53. The van der Waals surface area contributed by atoms with Crippen molar-refractivity contribution in [2.75, 3.05) is 6.54 Å². The van der Waals surface area contributed by atoms with Crippen LogP contribution in [0.4, 0.5) is 0 Å². The fourth-order valence-corrected chi connectivity index (χ4v) is 2.07. The molecule has 0 saturated heterocycles. The Bertz CT molecular complexity index is 570. The molecule has 0 fully saturated rings. The quantitative estimate of drug-likeness (QED) is 0.481. The van der Waals surface area contributed by atoms with Crippen molar-refractivity contribution in [2.24, 2.45) is 11.5 Å². The highest BCUT2D eigenvalue weighted by atomic mass is 16.2. The zero-order valence-corrected chi connectivity index (χ0v) is 14.2. The van der Waals surface area contributed by atoms with Crippen LogP contribution in [-0.2, 0) is 9.59 Å². The Kier molecular flexibility index (Phi) is 7.91. The van der Waals surface area contributed by atoms with Gasteiger partial charge in [0.05, 0.1) is 6.04 Å². The second kappa shape index (κ2) is 9.67. The third-order valence-corrected chi connectivity index (χ3v) is 3.59. The summed E-state index contributed by atoms with van der Waals surface area (Å²) in [5, 5.41) is 5.34. The number of rotatable bonds is 9. The molecule has 0 aliphatic heterocycles. The Labute approximate surface area is 142 Å². The molecule has 0 bridgehead atoms. The normalized spacial score (nSPS) is 13.0. The number of primary amides is 1. The van der Waals surface area contributed by atoms with E-state index >= 15 is 0 Å². The van der Waals surface area contributed by atoms with Crippen molar-refractivity contribution in [3.63, 3.8) is 0 Å². The van der Waals surface area contributed by atoms with E-state index in [1.807, 2.05) is 19.1 Å². The Balaban J connectivity index is 2.30. The average molecular weight is 334 g/mol. The van der Waals surface area contributed by atoms with Crippen molar-refractivity contribution in [3.05, 3.63) is 35.4 Å². The second-order valence-electron chi connectivity index (χ2n) is 5.87. The SMILES string of the molecule is Cc1ccc(C(=O)NCCCC[C@H](NC(=O)[C@H](C)N)C(N)=O)cc1. The van der Waals surface area contributed by atoms with E-state index in [4.69, 9.17) is 11.5 Å². The van der Waals surface area contributed by atoms with E-state index in [0.717, 1.165) is 5.56 Å². The van der Waals surface area contributed by atoms with Gasteiger partial charge in [-0.05, 0) is 45.2 Å². The highest BCUT2D eigenvalue weighted by Gasteiger charge is 2.19. The summed E-state index contributed by atoms with van der Waals surface area (Å²) in [7, 11) is 0. The monoisotopic (exact) mass is 334 g/mol. The minimum absolute atomic E-state index is 0.133. The van der Waals surface area contributed by atoms with Crippen LogP contribution in [0.25, 0.3) is 0 Å². The number of unbranched alkanes of at least 4 members (excludes halogenated alkanes) is 1. The van der Waals surface area contributed by atoms with Gasteiger partial charge in [-0.2, -0.15) is 0 Å². The first-order valence-electron chi connectivity index (χ1n) is 8.01. The lowest BCUT2D eigenvalue weighted by Gasteiger charge is -2.16. The molecule has 3 amide bonds. The molecule has 0 radical (unpaired) electrons. The number of amides is 3. The number of nitrogens with one attached hydrogen (secondary N) is 2. The van der Waals surface area contributed by atoms with Crippen LogP contribution in [0, 0.1) is 6.92 Å². The molecule has 0 spiro atoms. The van der Waals surface area contributed by atoms with E-state index in [1.54, 1.807) is 12.1 Å². The molecule has 0 aromatic heterocycles. The van der Waals surface area contributed by atoms with Crippen LogP contribution in [-0.4, -0.2) is 36.3 Å². The van der Waals surface area contributed by atoms with Gasteiger partial charge in [-0.1, -0.05) is 17.7 Å². The van der Waals surface area contributed by atoms with Gasteiger partial charge in [-0.15, -0.1) is 0 Å². The molecule has 0 aliphatic carbocycles. The van der Waals surface area contributed by atoms with Gasteiger partial charge in [0.2, 0.25) is 11.8 Å². The van der Waals surface area contributed by atoms with Gasteiger partial charge in [0.15, 0.2) is 0 Å². The Morgan fingerprint density at radius 1 is 1.12 bits per heavy atom. The minimum atomic E-state index is -0.740. The Morgan fingerprint density at radius 2 is 1.75 bits per heavy atom. The van der Waals surface area contributed by atoms with Crippen LogP contribution in [0.1, 0.15) is 42.1 Å². The number of carbonyl (C=O) groups is 3. The summed E-state index contributed by atoms with van der Waals surface area (Å²) < 4.78 is 0.